The summed E-state index contributed by atoms with van der Waals surface area (Å²) in [6.07, 6.45) is 7.30. The number of hydrogen-bond donors (Lipinski definition) is 1. The third kappa shape index (κ3) is 2.87. The Balaban J connectivity index is 1.62. The van der Waals surface area contributed by atoms with E-state index >= 15 is 0 Å². The van der Waals surface area contributed by atoms with E-state index in [9.17, 15) is 9.18 Å². The van der Waals surface area contributed by atoms with Gasteiger partial charge in [-0.3, -0.25) is 0 Å². The molecule has 3 rings (SSSR count). The number of nitrogens with zero attached hydrogens (tertiary/aromatic N) is 2. The number of anilines is 1. The zero-order valence-electron chi connectivity index (χ0n) is 11.2. The average molecular weight is 298 g/mol. The Morgan fingerprint density at radius 1 is 1.35 bits per heavy atom. The first-order valence-electron chi connectivity index (χ1n) is 6.95. The number of pyridine rings is 1. The van der Waals surface area contributed by atoms with Gasteiger partial charge in [0.25, 0.3) is 0 Å². The van der Waals surface area contributed by atoms with E-state index in [-0.39, 0.29) is 11.2 Å². The Kier molecular flexibility index (Phi) is 3.54. The third-order valence-electron chi connectivity index (χ3n) is 4.34. The first kappa shape index (κ1) is 13.6. The highest BCUT2D eigenvalue weighted by Crippen LogP contribution is 2.53. The van der Waals surface area contributed by atoms with Crippen LogP contribution < -0.4 is 5.32 Å². The average Bonchev–Trinajstić information content (AvgIpc) is 3.21. The third-order valence-corrected chi connectivity index (χ3v) is 4.62. The fourth-order valence-corrected chi connectivity index (χ4v) is 2.93. The van der Waals surface area contributed by atoms with Gasteiger partial charge in [0, 0.05) is 19.2 Å². The van der Waals surface area contributed by atoms with Crippen LogP contribution in [0.4, 0.5) is 14.9 Å². The van der Waals surface area contributed by atoms with Crippen LogP contribution >= 0.6 is 11.6 Å². The van der Waals surface area contributed by atoms with Crippen LogP contribution in [-0.2, 0) is 0 Å². The number of carbonyl (C=O) groups excluding carboxylic acids is 1. The highest BCUT2D eigenvalue weighted by Gasteiger charge is 2.43. The number of rotatable bonds is 1. The smallest absolute Gasteiger partial charge is 0.321 e. The summed E-state index contributed by atoms with van der Waals surface area (Å²) in [6.45, 7) is 1.53. The normalized spacial score (nSPS) is 20.6. The molecule has 0 radical (unpaired) electrons. The predicted molar refractivity (Wildman–Crippen MR) is 75.3 cm³/mol. The Bertz CT molecular complexity index is 533. The molecule has 6 heteroatoms. The topological polar surface area (TPSA) is 45.2 Å². The minimum Gasteiger partial charge on any atom is -0.325 e. The summed E-state index contributed by atoms with van der Waals surface area (Å²) in [4.78, 5) is 17.7. The van der Waals surface area contributed by atoms with Crippen LogP contribution in [0.5, 0.6) is 0 Å². The minimum atomic E-state index is -0.628. The maximum absolute atomic E-state index is 13.3. The molecule has 20 heavy (non-hydrogen) atoms. The van der Waals surface area contributed by atoms with Crippen molar-refractivity contribution >= 4 is 23.3 Å². The molecule has 0 bridgehead atoms. The van der Waals surface area contributed by atoms with Crippen LogP contribution in [0, 0.1) is 11.2 Å². The van der Waals surface area contributed by atoms with Crippen molar-refractivity contribution in [1.82, 2.24) is 9.88 Å². The molecule has 4 nitrogen and oxygen atoms in total. The zero-order chi connectivity index (χ0) is 14.2. The van der Waals surface area contributed by atoms with E-state index in [4.69, 9.17) is 11.6 Å². The van der Waals surface area contributed by atoms with E-state index in [1.807, 2.05) is 0 Å². The number of carbonyl (C=O) groups is 1. The number of aromatic nitrogens is 1. The van der Waals surface area contributed by atoms with Crippen LogP contribution in [-0.4, -0.2) is 29.0 Å². The number of nitrogens with one attached hydrogen (secondary N) is 1. The molecule has 1 N–H and O–H groups in total. The van der Waals surface area contributed by atoms with Gasteiger partial charge in [-0.05, 0) is 37.5 Å². The lowest BCUT2D eigenvalue weighted by atomic mass is 9.98. The molecule has 1 saturated carbocycles. The lowest BCUT2D eigenvalue weighted by molar-refractivity contribution is 0.213. The maximum Gasteiger partial charge on any atom is 0.321 e. The Hall–Kier alpha value is -1.36. The Morgan fingerprint density at radius 3 is 2.85 bits per heavy atom. The van der Waals surface area contributed by atoms with Gasteiger partial charge >= 0.3 is 6.03 Å². The first-order chi connectivity index (χ1) is 9.58. The molecular weight excluding hydrogens is 281 g/mol. The van der Waals surface area contributed by atoms with Crippen LogP contribution in [0.3, 0.4) is 0 Å². The van der Waals surface area contributed by atoms with E-state index < -0.39 is 5.82 Å². The second-order valence-electron chi connectivity index (χ2n) is 5.77. The van der Waals surface area contributed by atoms with Crippen molar-refractivity contribution in [1.29, 1.82) is 0 Å². The van der Waals surface area contributed by atoms with Crippen LogP contribution in [0.25, 0.3) is 0 Å². The quantitative estimate of drug-likeness (QED) is 0.804. The number of halogens is 2. The van der Waals surface area contributed by atoms with Crippen LogP contribution in [0.1, 0.15) is 32.1 Å². The van der Waals surface area contributed by atoms with E-state index in [0.717, 1.165) is 25.9 Å². The van der Waals surface area contributed by atoms with Crippen LogP contribution in [0.2, 0.25) is 5.15 Å². The van der Waals surface area contributed by atoms with E-state index in [1.165, 1.54) is 31.5 Å². The molecule has 108 valence electrons. The van der Waals surface area contributed by atoms with Crippen molar-refractivity contribution < 1.29 is 9.18 Å². The van der Waals surface area contributed by atoms with Gasteiger partial charge in [-0.2, -0.15) is 0 Å². The molecule has 2 heterocycles. The lowest BCUT2D eigenvalue weighted by Crippen LogP contribution is -2.35. The van der Waals surface area contributed by atoms with Gasteiger partial charge in [-0.1, -0.05) is 11.6 Å². The molecule has 0 unspecified atom stereocenters. The summed E-state index contributed by atoms with van der Waals surface area (Å²) in [5.74, 6) is -0.628. The molecular formula is C14H17ClFN3O. The lowest BCUT2D eigenvalue weighted by Gasteiger charge is -2.21. The van der Waals surface area contributed by atoms with E-state index in [0.29, 0.717) is 11.1 Å². The molecule has 1 aromatic rings. The standard InChI is InChI=1S/C14H17ClFN3O/c15-12-11(16)8-10(9-17-12)18-13(20)19-6-1-2-14(3-4-14)5-7-19/h8-9H,1-7H2,(H,18,20). The zero-order valence-corrected chi connectivity index (χ0v) is 11.9. The second kappa shape index (κ2) is 5.20. The molecule has 2 amide bonds. The molecule has 1 aliphatic heterocycles. The van der Waals surface area contributed by atoms with Crippen molar-refractivity contribution in [3.05, 3.63) is 23.2 Å². The minimum absolute atomic E-state index is 0.187. The van der Waals surface area contributed by atoms with Crippen molar-refractivity contribution in [3.63, 3.8) is 0 Å². The number of urea groups is 1. The molecule has 1 aliphatic carbocycles. The largest absolute Gasteiger partial charge is 0.325 e. The van der Waals surface area contributed by atoms with Gasteiger partial charge in [0.05, 0.1) is 11.9 Å². The fourth-order valence-electron chi connectivity index (χ4n) is 2.83. The summed E-state index contributed by atoms with van der Waals surface area (Å²) in [6, 6.07) is 0.999. The molecule has 2 aliphatic rings. The Labute approximate surface area is 122 Å². The molecule has 0 aromatic carbocycles. The molecule has 1 saturated heterocycles. The maximum atomic E-state index is 13.3. The monoisotopic (exact) mass is 297 g/mol. The second-order valence-corrected chi connectivity index (χ2v) is 6.13. The van der Waals surface area contributed by atoms with Crippen molar-refractivity contribution in [2.45, 2.75) is 32.1 Å². The molecule has 1 aromatic heterocycles. The van der Waals surface area contributed by atoms with Crippen LogP contribution in [0.15, 0.2) is 12.3 Å². The summed E-state index contributed by atoms with van der Waals surface area (Å²) in [5.41, 5.74) is 0.852. The summed E-state index contributed by atoms with van der Waals surface area (Å²) in [5, 5.41) is 2.49. The number of amides is 2. The summed E-state index contributed by atoms with van der Waals surface area (Å²) >= 11 is 5.52. The SMILES string of the molecule is O=C(Nc1cnc(Cl)c(F)c1)N1CCCC2(CC1)CC2. The van der Waals surface area contributed by atoms with Gasteiger partial charge in [-0.25, -0.2) is 14.2 Å². The van der Waals surface area contributed by atoms with Gasteiger partial charge in [0.1, 0.15) is 0 Å². The van der Waals surface area contributed by atoms with E-state index in [1.54, 1.807) is 4.90 Å². The predicted octanol–water partition coefficient (Wildman–Crippen LogP) is 3.67. The molecule has 2 fully saturated rings. The fraction of sp³-hybridized carbons (Fsp3) is 0.571. The van der Waals surface area contributed by atoms with Gasteiger partial charge in [0.2, 0.25) is 0 Å². The van der Waals surface area contributed by atoms with E-state index in [2.05, 4.69) is 10.3 Å². The van der Waals surface area contributed by atoms with Gasteiger partial charge in [0.15, 0.2) is 11.0 Å². The molecule has 0 atom stereocenters. The highest BCUT2D eigenvalue weighted by molar-refractivity contribution is 6.29. The van der Waals surface area contributed by atoms with Crippen molar-refractivity contribution in [3.8, 4) is 0 Å². The number of hydrogen-bond acceptors (Lipinski definition) is 2. The Morgan fingerprint density at radius 2 is 2.15 bits per heavy atom. The molecule has 1 spiro atoms. The van der Waals surface area contributed by atoms with Gasteiger partial charge < -0.3 is 10.2 Å². The van der Waals surface area contributed by atoms with Crippen molar-refractivity contribution in [2.24, 2.45) is 5.41 Å². The summed E-state index contributed by atoms with van der Waals surface area (Å²) < 4.78 is 13.3. The highest BCUT2D eigenvalue weighted by atomic mass is 35.5. The summed E-state index contributed by atoms with van der Waals surface area (Å²) in [7, 11) is 0. The van der Waals surface area contributed by atoms with Crippen molar-refractivity contribution in [2.75, 3.05) is 18.4 Å². The van der Waals surface area contributed by atoms with Gasteiger partial charge in [-0.15, -0.1) is 0 Å². The number of likely N-dealkylation sites (tertiary alicyclic amines) is 1. The first-order valence-corrected chi connectivity index (χ1v) is 7.33.